The first kappa shape index (κ1) is 21.1. The number of carbonyl (C=O) groups excluding carboxylic acids is 1. The highest BCUT2D eigenvalue weighted by molar-refractivity contribution is 5.94. The molecule has 7 nitrogen and oxygen atoms in total. The number of nitrogens with zero attached hydrogens (tertiary/aromatic N) is 1. The van der Waals surface area contributed by atoms with Crippen molar-refractivity contribution in [3.05, 3.63) is 47.4 Å². The number of methoxy groups -OCH3 is 1. The molecule has 2 heterocycles. The molecule has 1 aliphatic heterocycles. The van der Waals surface area contributed by atoms with E-state index in [0.717, 1.165) is 24.6 Å². The van der Waals surface area contributed by atoms with Crippen molar-refractivity contribution >= 4 is 5.91 Å². The van der Waals surface area contributed by atoms with E-state index in [0.29, 0.717) is 19.8 Å². The summed E-state index contributed by atoms with van der Waals surface area (Å²) in [6, 6.07) is 7.76. The van der Waals surface area contributed by atoms with Crippen molar-refractivity contribution in [3.8, 4) is 11.5 Å². The molecule has 29 heavy (non-hydrogen) atoms. The SMILES string of the molecule is COc1ccc(C(=O)NCC(c2ccc(C)o2)N2CCOCC2)cc1OC(F)F. The molecule has 1 amide bonds. The molecule has 1 aromatic heterocycles. The lowest BCUT2D eigenvalue weighted by Gasteiger charge is -2.33. The monoisotopic (exact) mass is 410 g/mol. The summed E-state index contributed by atoms with van der Waals surface area (Å²) in [5.41, 5.74) is 0.192. The van der Waals surface area contributed by atoms with E-state index in [1.807, 2.05) is 19.1 Å². The second-order valence-corrected chi connectivity index (χ2v) is 6.57. The molecular formula is C20H24F2N2O5. The van der Waals surface area contributed by atoms with Crippen LogP contribution in [0.1, 0.15) is 27.9 Å². The van der Waals surface area contributed by atoms with Gasteiger partial charge in [-0.15, -0.1) is 0 Å². The van der Waals surface area contributed by atoms with Crippen molar-refractivity contribution in [1.29, 1.82) is 0 Å². The fraction of sp³-hybridized carbons (Fsp3) is 0.450. The molecule has 9 heteroatoms. The van der Waals surface area contributed by atoms with E-state index in [2.05, 4.69) is 15.0 Å². The molecule has 0 spiro atoms. The van der Waals surface area contributed by atoms with Crippen LogP contribution in [0.2, 0.25) is 0 Å². The van der Waals surface area contributed by atoms with E-state index in [4.69, 9.17) is 13.9 Å². The normalized spacial score (nSPS) is 15.9. The van der Waals surface area contributed by atoms with Gasteiger partial charge in [0.05, 0.1) is 26.4 Å². The largest absolute Gasteiger partial charge is 0.493 e. The summed E-state index contributed by atoms with van der Waals surface area (Å²) in [6.45, 7) is 1.79. The van der Waals surface area contributed by atoms with Gasteiger partial charge in [-0.05, 0) is 37.3 Å². The van der Waals surface area contributed by atoms with Gasteiger partial charge in [-0.2, -0.15) is 8.78 Å². The Bertz CT molecular complexity index is 821. The fourth-order valence-electron chi connectivity index (χ4n) is 3.23. The first-order chi connectivity index (χ1) is 14.0. The van der Waals surface area contributed by atoms with Gasteiger partial charge in [0, 0.05) is 25.2 Å². The topological polar surface area (TPSA) is 73.2 Å². The van der Waals surface area contributed by atoms with Crippen LogP contribution in [0.5, 0.6) is 11.5 Å². The Kier molecular flexibility index (Phi) is 7.05. The first-order valence-corrected chi connectivity index (χ1v) is 9.27. The van der Waals surface area contributed by atoms with Crippen LogP contribution in [-0.2, 0) is 4.74 Å². The van der Waals surface area contributed by atoms with Gasteiger partial charge in [-0.25, -0.2) is 0 Å². The Morgan fingerprint density at radius 3 is 2.59 bits per heavy atom. The first-order valence-electron chi connectivity index (χ1n) is 9.27. The zero-order valence-electron chi connectivity index (χ0n) is 16.3. The van der Waals surface area contributed by atoms with Gasteiger partial charge in [0.2, 0.25) is 0 Å². The molecule has 0 bridgehead atoms. The average molecular weight is 410 g/mol. The van der Waals surface area contributed by atoms with Crippen molar-refractivity contribution in [1.82, 2.24) is 10.2 Å². The number of aryl methyl sites for hydroxylation is 1. The van der Waals surface area contributed by atoms with Crippen LogP contribution in [0.3, 0.4) is 0 Å². The molecule has 1 saturated heterocycles. The van der Waals surface area contributed by atoms with Crippen LogP contribution in [0.4, 0.5) is 8.78 Å². The summed E-state index contributed by atoms with van der Waals surface area (Å²) < 4.78 is 45.9. The highest BCUT2D eigenvalue weighted by Gasteiger charge is 2.26. The molecule has 1 N–H and O–H groups in total. The predicted molar refractivity (Wildman–Crippen MR) is 101 cm³/mol. The van der Waals surface area contributed by atoms with Gasteiger partial charge in [0.25, 0.3) is 5.91 Å². The number of halogens is 2. The summed E-state index contributed by atoms with van der Waals surface area (Å²) in [7, 11) is 1.34. The van der Waals surface area contributed by atoms with Crippen LogP contribution in [0.25, 0.3) is 0 Å². The van der Waals surface area contributed by atoms with Gasteiger partial charge < -0.3 is 23.9 Å². The van der Waals surface area contributed by atoms with Crippen LogP contribution in [0.15, 0.2) is 34.7 Å². The minimum atomic E-state index is -3.02. The molecule has 0 saturated carbocycles. The van der Waals surface area contributed by atoms with E-state index in [9.17, 15) is 13.6 Å². The highest BCUT2D eigenvalue weighted by Crippen LogP contribution is 2.30. The Balaban J connectivity index is 1.72. The van der Waals surface area contributed by atoms with E-state index in [1.54, 1.807) is 0 Å². The molecule has 1 aliphatic rings. The number of benzene rings is 1. The van der Waals surface area contributed by atoms with Crippen LogP contribution < -0.4 is 14.8 Å². The van der Waals surface area contributed by atoms with E-state index >= 15 is 0 Å². The van der Waals surface area contributed by atoms with Gasteiger partial charge >= 0.3 is 6.61 Å². The maximum atomic E-state index is 12.6. The number of amides is 1. The number of nitrogens with one attached hydrogen (secondary N) is 1. The van der Waals surface area contributed by atoms with Crippen molar-refractivity contribution in [2.45, 2.75) is 19.6 Å². The standard InChI is InChI=1S/C20H24F2N2O5/c1-13-3-5-16(28-13)15(24-7-9-27-10-8-24)12-23-19(25)14-4-6-17(26-2)18(11-14)29-20(21)22/h3-6,11,15,20H,7-10,12H2,1-2H3,(H,23,25). The second-order valence-electron chi connectivity index (χ2n) is 6.57. The molecule has 1 unspecified atom stereocenters. The van der Waals surface area contributed by atoms with E-state index in [1.165, 1.54) is 25.3 Å². The van der Waals surface area contributed by atoms with Crippen LogP contribution in [0, 0.1) is 6.92 Å². The molecule has 1 fully saturated rings. The molecule has 1 atom stereocenters. The number of furan rings is 1. The van der Waals surface area contributed by atoms with Gasteiger partial charge in [-0.3, -0.25) is 9.69 Å². The summed E-state index contributed by atoms with van der Waals surface area (Å²) in [4.78, 5) is 14.8. The fourth-order valence-corrected chi connectivity index (χ4v) is 3.23. The van der Waals surface area contributed by atoms with Gasteiger partial charge in [0.1, 0.15) is 11.5 Å². The summed E-state index contributed by atoms with van der Waals surface area (Å²) in [6.07, 6.45) is 0. The molecule has 0 aliphatic carbocycles. The number of rotatable bonds is 8. The number of alkyl halides is 2. The predicted octanol–water partition coefficient (Wildman–Crippen LogP) is 3.00. The zero-order valence-corrected chi connectivity index (χ0v) is 16.3. The Morgan fingerprint density at radius 1 is 1.21 bits per heavy atom. The third-order valence-corrected chi connectivity index (χ3v) is 4.67. The Morgan fingerprint density at radius 2 is 1.97 bits per heavy atom. The van der Waals surface area contributed by atoms with Crippen molar-refractivity contribution in [3.63, 3.8) is 0 Å². The summed E-state index contributed by atoms with van der Waals surface area (Å²) >= 11 is 0. The second kappa shape index (κ2) is 9.71. The van der Waals surface area contributed by atoms with Crippen molar-refractivity contribution in [2.24, 2.45) is 0 Å². The molecule has 1 aromatic carbocycles. The van der Waals surface area contributed by atoms with E-state index < -0.39 is 12.5 Å². The minimum Gasteiger partial charge on any atom is -0.493 e. The zero-order chi connectivity index (χ0) is 20.8. The van der Waals surface area contributed by atoms with E-state index in [-0.39, 0.29) is 23.1 Å². The van der Waals surface area contributed by atoms with Gasteiger partial charge in [-0.1, -0.05) is 0 Å². The maximum Gasteiger partial charge on any atom is 0.387 e. The van der Waals surface area contributed by atoms with Gasteiger partial charge in [0.15, 0.2) is 11.5 Å². The summed E-state index contributed by atoms with van der Waals surface area (Å²) in [5, 5.41) is 2.86. The minimum absolute atomic E-state index is 0.124. The van der Waals surface area contributed by atoms with Crippen LogP contribution in [-0.4, -0.2) is 57.4 Å². The average Bonchev–Trinajstić information content (AvgIpc) is 3.14. The lowest BCUT2D eigenvalue weighted by atomic mass is 10.1. The van der Waals surface area contributed by atoms with Crippen LogP contribution >= 0.6 is 0 Å². The lowest BCUT2D eigenvalue weighted by molar-refractivity contribution is -0.0512. The number of hydrogen-bond acceptors (Lipinski definition) is 6. The number of morpholine rings is 1. The van der Waals surface area contributed by atoms with Crippen molar-refractivity contribution < 1.29 is 32.2 Å². The molecule has 2 aromatic rings. The lowest BCUT2D eigenvalue weighted by Crippen LogP contribution is -2.43. The Labute approximate surface area is 167 Å². The third-order valence-electron chi connectivity index (χ3n) is 4.67. The molecule has 0 radical (unpaired) electrons. The number of hydrogen-bond donors (Lipinski definition) is 1. The smallest absolute Gasteiger partial charge is 0.387 e. The maximum absolute atomic E-state index is 12.6. The quantitative estimate of drug-likeness (QED) is 0.721. The Hall–Kier alpha value is -2.65. The molecule has 3 rings (SSSR count). The molecular weight excluding hydrogens is 386 g/mol. The number of carbonyl (C=O) groups is 1. The number of ether oxygens (including phenoxy) is 3. The molecule has 158 valence electrons. The van der Waals surface area contributed by atoms with Crippen molar-refractivity contribution in [2.75, 3.05) is 40.0 Å². The summed E-state index contributed by atoms with van der Waals surface area (Å²) in [5.74, 6) is 1.06. The third kappa shape index (κ3) is 5.45. The highest BCUT2D eigenvalue weighted by atomic mass is 19.3.